The van der Waals surface area contributed by atoms with Gasteiger partial charge >= 0.3 is 0 Å². The molecule has 0 heterocycles. The molecule has 2 heteroatoms. The Balaban J connectivity index is 2.95. The maximum Gasteiger partial charge on any atom is 0.151 e. The summed E-state index contributed by atoms with van der Waals surface area (Å²) in [4.78, 5) is 10.8. The molecule has 15 heavy (non-hydrogen) atoms. The van der Waals surface area contributed by atoms with Crippen molar-refractivity contribution >= 4 is 5.78 Å². The van der Waals surface area contributed by atoms with E-state index in [0.29, 0.717) is 6.42 Å². The number of hydrogen-bond acceptors (Lipinski definition) is 2. The number of carbonyl (C=O) groups excluding carboxylic acids is 1. The molecule has 0 unspecified atom stereocenters. The molecule has 0 bridgehead atoms. The van der Waals surface area contributed by atoms with Gasteiger partial charge in [-0.3, -0.25) is 4.79 Å². The third-order valence-corrected chi connectivity index (χ3v) is 2.71. The van der Waals surface area contributed by atoms with Crippen molar-refractivity contribution in [1.82, 2.24) is 0 Å². The Kier molecular flexibility index (Phi) is 11.4. The molecule has 0 aromatic carbocycles. The Morgan fingerprint density at radius 2 is 1.40 bits per heavy atom. The summed E-state index contributed by atoms with van der Waals surface area (Å²) in [5, 5.41) is 0. The lowest BCUT2D eigenvalue weighted by atomic mass is 10.1. The smallest absolute Gasteiger partial charge is 0.151 e. The highest BCUT2D eigenvalue weighted by Gasteiger charge is 1.98. The molecule has 89 valence electrons. The van der Waals surface area contributed by atoms with Crippen LogP contribution in [0.15, 0.2) is 0 Å². The van der Waals surface area contributed by atoms with Crippen molar-refractivity contribution in [3.63, 3.8) is 0 Å². The van der Waals surface area contributed by atoms with Crippen LogP contribution in [0.2, 0.25) is 0 Å². The number of Topliss-reactive ketones (excluding diaryl/α,β-unsaturated/α-hetero) is 1. The van der Waals surface area contributed by atoms with Crippen molar-refractivity contribution in [2.24, 2.45) is 5.73 Å². The Bertz CT molecular complexity index is 145. The van der Waals surface area contributed by atoms with Crippen LogP contribution in [-0.2, 0) is 4.79 Å². The average molecular weight is 212 g/mol. The Morgan fingerprint density at radius 3 is 1.87 bits per heavy atom. The Labute approximate surface area is 94.6 Å². The maximum absolute atomic E-state index is 10.8. The normalized spacial score (nSPS) is 10.5. The van der Waals surface area contributed by atoms with E-state index in [1.54, 1.807) is 0 Å². The Morgan fingerprint density at radius 1 is 0.933 bits per heavy atom. The fourth-order valence-electron chi connectivity index (χ4n) is 1.69. The minimum absolute atomic E-state index is 0.0814. The molecule has 0 aromatic rings. The number of rotatable bonds is 11. The molecule has 0 spiro atoms. The Hall–Kier alpha value is -0.370. The molecule has 0 saturated heterocycles. The van der Waals surface area contributed by atoms with Gasteiger partial charge in [-0.15, -0.1) is 0 Å². The molecule has 1 radical (unpaired) electrons. The van der Waals surface area contributed by atoms with Crippen LogP contribution in [0.4, 0.5) is 0 Å². The molecule has 0 atom stereocenters. The van der Waals surface area contributed by atoms with Crippen molar-refractivity contribution in [2.75, 3.05) is 0 Å². The van der Waals surface area contributed by atoms with E-state index in [9.17, 15) is 4.79 Å². The first-order chi connectivity index (χ1) is 7.31. The van der Waals surface area contributed by atoms with E-state index in [1.807, 2.05) is 0 Å². The van der Waals surface area contributed by atoms with Crippen molar-refractivity contribution in [3.05, 3.63) is 6.54 Å². The summed E-state index contributed by atoms with van der Waals surface area (Å²) < 4.78 is 0. The zero-order chi connectivity index (χ0) is 11.4. The van der Waals surface area contributed by atoms with Crippen molar-refractivity contribution in [1.29, 1.82) is 0 Å². The van der Waals surface area contributed by atoms with Gasteiger partial charge in [-0.1, -0.05) is 58.3 Å². The number of carbonyl (C=O) groups is 1. The SMILES string of the molecule is CCCCCCCCCCCC(=O)[CH]N. The fourth-order valence-corrected chi connectivity index (χ4v) is 1.69. The lowest BCUT2D eigenvalue weighted by Gasteiger charge is -2.01. The fraction of sp³-hybridized carbons (Fsp3) is 0.846. The predicted molar refractivity (Wildman–Crippen MR) is 65.3 cm³/mol. The summed E-state index contributed by atoms with van der Waals surface area (Å²) in [6.07, 6.45) is 12.2. The number of hydrogen-bond donors (Lipinski definition) is 1. The van der Waals surface area contributed by atoms with Gasteiger partial charge in [-0.2, -0.15) is 0 Å². The number of unbranched alkanes of at least 4 members (excludes halogenated alkanes) is 8. The van der Waals surface area contributed by atoms with Gasteiger partial charge in [-0.05, 0) is 6.42 Å². The second-order valence-corrected chi connectivity index (χ2v) is 4.21. The summed E-state index contributed by atoms with van der Waals surface area (Å²) in [5.74, 6) is 0.0814. The molecule has 0 aliphatic rings. The standard InChI is InChI=1S/C13H26NO/c1-2-3-4-5-6-7-8-9-10-11-13(15)12-14/h12H,2-11,14H2,1H3. The third-order valence-electron chi connectivity index (χ3n) is 2.71. The number of ketones is 1. The molecule has 0 rings (SSSR count). The largest absolute Gasteiger partial charge is 0.320 e. The summed E-state index contributed by atoms with van der Waals surface area (Å²) >= 11 is 0. The number of nitrogens with two attached hydrogens (primary N) is 1. The van der Waals surface area contributed by atoms with Crippen molar-refractivity contribution in [3.8, 4) is 0 Å². The van der Waals surface area contributed by atoms with Gasteiger partial charge < -0.3 is 5.73 Å². The van der Waals surface area contributed by atoms with Crippen LogP contribution in [0, 0.1) is 6.54 Å². The van der Waals surface area contributed by atoms with Crippen LogP contribution in [0.5, 0.6) is 0 Å². The topological polar surface area (TPSA) is 43.1 Å². The summed E-state index contributed by atoms with van der Waals surface area (Å²) in [6, 6.07) is 0. The lowest BCUT2D eigenvalue weighted by molar-refractivity contribution is -0.116. The lowest BCUT2D eigenvalue weighted by Crippen LogP contribution is -2.05. The van der Waals surface area contributed by atoms with Crippen molar-refractivity contribution in [2.45, 2.75) is 71.1 Å². The van der Waals surface area contributed by atoms with Crippen LogP contribution in [0.1, 0.15) is 71.1 Å². The second-order valence-electron chi connectivity index (χ2n) is 4.21. The first-order valence-electron chi connectivity index (χ1n) is 6.39. The van der Waals surface area contributed by atoms with Crippen LogP contribution >= 0.6 is 0 Å². The third kappa shape index (κ3) is 11.6. The minimum atomic E-state index is 0.0814. The van der Waals surface area contributed by atoms with Gasteiger partial charge in [0, 0.05) is 6.42 Å². The van der Waals surface area contributed by atoms with Gasteiger partial charge in [0.25, 0.3) is 0 Å². The van der Waals surface area contributed by atoms with Crippen LogP contribution in [0.25, 0.3) is 0 Å². The highest BCUT2D eigenvalue weighted by atomic mass is 16.1. The average Bonchev–Trinajstić information content (AvgIpc) is 2.26. The summed E-state index contributed by atoms with van der Waals surface area (Å²) in [7, 11) is 0. The van der Waals surface area contributed by atoms with E-state index in [-0.39, 0.29) is 5.78 Å². The van der Waals surface area contributed by atoms with E-state index < -0.39 is 0 Å². The molecular weight excluding hydrogens is 186 g/mol. The first-order valence-corrected chi connectivity index (χ1v) is 6.39. The van der Waals surface area contributed by atoms with Crippen LogP contribution in [0.3, 0.4) is 0 Å². The van der Waals surface area contributed by atoms with E-state index in [1.165, 1.54) is 57.9 Å². The van der Waals surface area contributed by atoms with Crippen LogP contribution < -0.4 is 5.73 Å². The van der Waals surface area contributed by atoms with Crippen molar-refractivity contribution < 1.29 is 4.79 Å². The van der Waals surface area contributed by atoms with E-state index >= 15 is 0 Å². The quantitative estimate of drug-likeness (QED) is 0.532. The molecule has 0 aliphatic carbocycles. The molecule has 0 aliphatic heterocycles. The second kappa shape index (κ2) is 11.7. The van der Waals surface area contributed by atoms with E-state index in [0.717, 1.165) is 6.42 Å². The van der Waals surface area contributed by atoms with Gasteiger partial charge in [0.1, 0.15) is 0 Å². The summed E-state index contributed by atoms with van der Waals surface area (Å²) in [5.41, 5.74) is 5.11. The summed E-state index contributed by atoms with van der Waals surface area (Å²) in [6.45, 7) is 3.43. The first kappa shape index (κ1) is 14.6. The van der Waals surface area contributed by atoms with Gasteiger partial charge in [0.05, 0.1) is 6.54 Å². The predicted octanol–water partition coefficient (Wildman–Crippen LogP) is 3.60. The van der Waals surface area contributed by atoms with Gasteiger partial charge in [0.2, 0.25) is 0 Å². The highest BCUT2D eigenvalue weighted by Crippen LogP contribution is 2.10. The van der Waals surface area contributed by atoms with Gasteiger partial charge in [0.15, 0.2) is 5.78 Å². The zero-order valence-corrected chi connectivity index (χ0v) is 10.1. The van der Waals surface area contributed by atoms with Crippen LogP contribution in [-0.4, -0.2) is 5.78 Å². The molecular formula is C13H26NO. The van der Waals surface area contributed by atoms with E-state index in [4.69, 9.17) is 5.73 Å². The maximum atomic E-state index is 10.8. The highest BCUT2D eigenvalue weighted by molar-refractivity contribution is 5.85. The molecule has 0 amide bonds. The molecule has 2 N–H and O–H groups in total. The van der Waals surface area contributed by atoms with Gasteiger partial charge in [-0.25, -0.2) is 0 Å². The minimum Gasteiger partial charge on any atom is -0.320 e. The molecule has 0 aromatic heterocycles. The molecule has 0 fully saturated rings. The molecule has 2 nitrogen and oxygen atoms in total. The molecule has 0 saturated carbocycles. The zero-order valence-electron chi connectivity index (χ0n) is 10.1. The van der Waals surface area contributed by atoms with E-state index in [2.05, 4.69) is 6.92 Å². The monoisotopic (exact) mass is 212 g/mol.